The summed E-state index contributed by atoms with van der Waals surface area (Å²) in [4.78, 5) is 72.5. The van der Waals surface area contributed by atoms with Crippen LogP contribution in [0.1, 0.15) is 101 Å². The largest absolute Gasteiger partial charge is 0.473 e. The van der Waals surface area contributed by atoms with Crippen LogP contribution in [0.3, 0.4) is 0 Å². The molecule has 14 nitrogen and oxygen atoms in total. The van der Waals surface area contributed by atoms with Gasteiger partial charge in [-0.2, -0.15) is 0 Å². The van der Waals surface area contributed by atoms with Crippen molar-refractivity contribution >= 4 is 50.8 Å². The van der Waals surface area contributed by atoms with Gasteiger partial charge in [-0.05, 0) is 68.2 Å². The molecule has 45 heavy (non-hydrogen) atoms. The summed E-state index contributed by atoms with van der Waals surface area (Å²) in [6.45, 7) is 16.0. The van der Waals surface area contributed by atoms with Gasteiger partial charge >= 0.3 is 15.4 Å². The van der Waals surface area contributed by atoms with Gasteiger partial charge in [0.05, 0.1) is 29.2 Å². The first-order chi connectivity index (χ1) is 20.2. The van der Waals surface area contributed by atoms with Crippen LogP contribution in [0.5, 0.6) is 0 Å². The van der Waals surface area contributed by atoms with Crippen molar-refractivity contribution in [1.29, 1.82) is 0 Å². The number of ether oxygens (including phenoxy) is 1. The molecule has 0 aromatic carbocycles. The number of thioether (sulfide) groups is 1. The van der Waals surface area contributed by atoms with E-state index in [9.17, 15) is 38.1 Å². The van der Waals surface area contributed by atoms with Crippen LogP contribution in [0, 0.1) is 0 Å². The topological polar surface area (TPSA) is 186 Å². The minimum Gasteiger partial charge on any atom is -0.363 e. The van der Waals surface area contributed by atoms with Gasteiger partial charge in [0.15, 0.2) is 5.34 Å². The van der Waals surface area contributed by atoms with Crippen molar-refractivity contribution < 1.29 is 56.4 Å². The van der Waals surface area contributed by atoms with E-state index in [0.29, 0.717) is 0 Å². The number of hydrogen-bond acceptors (Lipinski definition) is 11. The number of imide groups is 2. The summed E-state index contributed by atoms with van der Waals surface area (Å²) in [5.74, 6) is -1.41. The zero-order valence-electron chi connectivity index (χ0n) is 28.0. The van der Waals surface area contributed by atoms with Crippen LogP contribution < -0.4 is 0 Å². The summed E-state index contributed by atoms with van der Waals surface area (Å²) in [6.07, 6.45) is -0.147. The van der Waals surface area contributed by atoms with Crippen molar-refractivity contribution in [3.8, 4) is 0 Å². The van der Waals surface area contributed by atoms with Crippen LogP contribution in [-0.2, 0) is 46.6 Å². The second-order valence-corrected chi connectivity index (χ2v) is 19.6. The number of rotatable bonds is 17. The fourth-order valence-electron chi connectivity index (χ4n) is 4.94. The molecule has 0 bridgehead atoms. The third-order valence-corrected chi connectivity index (χ3v) is 12.2. The number of carbonyl (C=O) groups excluding carboxylic acids is 4. The Balaban J connectivity index is 1.90. The molecule has 2 aliphatic heterocycles. The lowest BCUT2D eigenvalue weighted by atomic mass is 10.1. The summed E-state index contributed by atoms with van der Waals surface area (Å²) in [6, 6.07) is 0. The molecular weight excluding hydrogens is 650 g/mol. The summed E-state index contributed by atoms with van der Waals surface area (Å²) in [5.41, 5.74) is -2.07. The third-order valence-electron chi connectivity index (χ3n) is 7.06. The highest BCUT2D eigenvalue weighted by molar-refractivity contribution is 8.02. The Kier molecular flexibility index (Phi) is 12.9. The number of carbonyl (C=O) groups is 4. The molecule has 2 aliphatic rings. The van der Waals surface area contributed by atoms with E-state index in [1.807, 2.05) is 13.8 Å². The molecular formula is C28H50N2O12P2S. The van der Waals surface area contributed by atoms with Crippen molar-refractivity contribution in [2.45, 2.75) is 134 Å². The van der Waals surface area contributed by atoms with Crippen molar-refractivity contribution in [2.75, 3.05) is 19.7 Å². The first-order valence-electron chi connectivity index (χ1n) is 14.9. The maximum atomic E-state index is 13.3. The number of phosphoric ester groups is 1. The molecule has 17 heteroatoms. The molecule has 0 aromatic heterocycles. The highest BCUT2D eigenvalue weighted by Crippen LogP contribution is 2.58. The van der Waals surface area contributed by atoms with Gasteiger partial charge in [-0.1, -0.05) is 13.8 Å². The molecule has 0 radical (unpaired) electrons. The van der Waals surface area contributed by atoms with Gasteiger partial charge in [0.1, 0.15) is 0 Å². The lowest BCUT2D eigenvalue weighted by Crippen LogP contribution is -2.41. The fraction of sp³-hybridized carbons (Fsp3) is 0.857. The van der Waals surface area contributed by atoms with Gasteiger partial charge in [0.25, 0.3) is 0 Å². The normalized spacial score (nSPS) is 22.3. The Bertz CT molecular complexity index is 1220. The van der Waals surface area contributed by atoms with E-state index in [2.05, 4.69) is 0 Å². The van der Waals surface area contributed by atoms with Crippen LogP contribution in [0.2, 0.25) is 0 Å². The van der Waals surface area contributed by atoms with E-state index in [4.69, 9.17) is 18.3 Å². The molecule has 0 aromatic rings. The Morgan fingerprint density at radius 3 is 1.93 bits per heavy atom. The predicted molar refractivity (Wildman–Crippen MR) is 168 cm³/mol. The zero-order valence-corrected chi connectivity index (χ0v) is 30.6. The molecule has 2 heterocycles. The first kappa shape index (κ1) is 40.0. The monoisotopic (exact) mass is 700 g/mol. The van der Waals surface area contributed by atoms with Crippen LogP contribution in [0.4, 0.5) is 0 Å². The quantitative estimate of drug-likeness (QED) is 0.158. The first-order valence-corrected chi connectivity index (χ1v) is 18.9. The van der Waals surface area contributed by atoms with Crippen molar-refractivity contribution in [3.05, 3.63) is 0 Å². The van der Waals surface area contributed by atoms with Gasteiger partial charge in [-0.3, -0.25) is 42.6 Å². The summed E-state index contributed by atoms with van der Waals surface area (Å²) in [5, 5.41) is -2.31. The maximum absolute atomic E-state index is 13.3. The molecule has 4 atom stereocenters. The maximum Gasteiger partial charge on any atom is 0.473 e. The third kappa shape index (κ3) is 12.1. The zero-order chi connectivity index (χ0) is 34.8. The van der Waals surface area contributed by atoms with Gasteiger partial charge in [-0.15, -0.1) is 11.8 Å². The minimum absolute atomic E-state index is 0.0250. The number of hydrogen-bond donors (Lipinski definition) is 2. The molecule has 0 saturated carbocycles. The van der Waals surface area contributed by atoms with Crippen molar-refractivity contribution in [2.24, 2.45) is 0 Å². The Labute approximate surface area is 270 Å². The fourth-order valence-corrected chi connectivity index (χ4v) is 9.01. The van der Waals surface area contributed by atoms with Gasteiger partial charge in [-0.25, -0.2) is 4.57 Å². The van der Waals surface area contributed by atoms with E-state index in [0.717, 1.165) is 9.80 Å². The van der Waals surface area contributed by atoms with Crippen molar-refractivity contribution in [3.63, 3.8) is 0 Å². The molecule has 0 spiro atoms. The molecule has 260 valence electrons. The SMILES string of the molecule is CC(CC(C)(C)SC1CC(=O)N(CCN2C(=O)CCC2=O)C1=O)OP(=O)(O)C(C)(C)OCCC(C)(C)OP(=O)(O)OC(C)(C)C. The van der Waals surface area contributed by atoms with Crippen molar-refractivity contribution in [1.82, 2.24) is 9.80 Å². The van der Waals surface area contributed by atoms with E-state index in [1.165, 1.54) is 25.6 Å². The lowest BCUT2D eigenvalue weighted by molar-refractivity contribution is -0.143. The second-order valence-electron chi connectivity index (χ2n) is 14.1. The van der Waals surface area contributed by atoms with Gasteiger partial charge in [0.2, 0.25) is 23.6 Å². The highest BCUT2D eigenvalue weighted by Gasteiger charge is 2.46. The molecule has 0 aliphatic carbocycles. The lowest BCUT2D eigenvalue weighted by Gasteiger charge is -2.35. The Morgan fingerprint density at radius 1 is 0.867 bits per heavy atom. The summed E-state index contributed by atoms with van der Waals surface area (Å²) < 4.78 is 46.8. The standard InChI is InChI=1S/C28H50N2O12P2S/c1-19(40-43(35,36)28(9,10)39-16-13-26(5,6)42-44(37,38)41-25(2,3)4)18-27(7,8)45-20-17-23(33)30(24(20)34)15-14-29-21(31)11-12-22(29)32/h19-20H,11-18H2,1-10H3,(H,35,36)(H,37,38). The van der Waals surface area contributed by atoms with E-state index in [1.54, 1.807) is 41.5 Å². The van der Waals surface area contributed by atoms with Gasteiger partial charge < -0.3 is 19.0 Å². The van der Waals surface area contributed by atoms with Crippen LogP contribution in [0.15, 0.2) is 0 Å². The number of phosphoric acid groups is 1. The predicted octanol–water partition coefficient (Wildman–Crippen LogP) is 4.61. The molecule has 2 fully saturated rings. The number of likely N-dealkylation sites (tertiary alicyclic amines) is 2. The average Bonchev–Trinajstić information content (AvgIpc) is 3.24. The van der Waals surface area contributed by atoms with Crippen LogP contribution in [-0.4, -0.2) is 95.6 Å². The number of nitrogens with zero attached hydrogens (tertiary/aromatic N) is 2. The minimum atomic E-state index is -4.38. The van der Waals surface area contributed by atoms with Crippen LogP contribution in [0.25, 0.3) is 0 Å². The number of amides is 4. The second kappa shape index (κ2) is 14.5. The Morgan fingerprint density at radius 2 is 1.40 bits per heavy atom. The molecule has 4 unspecified atom stereocenters. The highest BCUT2D eigenvalue weighted by atomic mass is 32.2. The average molecular weight is 701 g/mol. The molecule has 4 amide bonds. The van der Waals surface area contributed by atoms with E-state index >= 15 is 0 Å². The smallest absolute Gasteiger partial charge is 0.363 e. The van der Waals surface area contributed by atoms with E-state index in [-0.39, 0.29) is 69.5 Å². The molecule has 2 saturated heterocycles. The van der Waals surface area contributed by atoms with E-state index < -0.39 is 54.0 Å². The van der Waals surface area contributed by atoms with Crippen LogP contribution >= 0.6 is 27.2 Å². The summed E-state index contributed by atoms with van der Waals surface area (Å²) in [7, 11) is -8.75. The van der Waals surface area contributed by atoms with Gasteiger partial charge in [0, 0.05) is 37.1 Å². The summed E-state index contributed by atoms with van der Waals surface area (Å²) >= 11 is 1.26. The molecule has 2 N–H and O–H groups in total. The molecule has 2 rings (SSSR count). The Hall–Kier alpha value is -1.15.